The lowest BCUT2D eigenvalue weighted by Crippen LogP contribution is -2.40. The summed E-state index contributed by atoms with van der Waals surface area (Å²) in [6.45, 7) is 7.17. The van der Waals surface area contributed by atoms with Gasteiger partial charge in [0.1, 0.15) is 0 Å². The molecule has 0 amide bonds. The Bertz CT molecular complexity index is 400. The molecule has 19 heavy (non-hydrogen) atoms. The summed E-state index contributed by atoms with van der Waals surface area (Å²) in [5.41, 5.74) is 2.80. The zero-order valence-electron chi connectivity index (χ0n) is 11.8. The highest BCUT2D eigenvalue weighted by molar-refractivity contribution is 5.22. The SMILES string of the molecule is CC1CN(Cc2ccc(CNC3CC3)cc2)CCO1. The average Bonchev–Trinajstić information content (AvgIpc) is 3.22. The molecular formula is C16H24N2O. The maximum absolute atomic E-state index is 5.58. The minimum absolute atomic E-state index is 0.371. The zero-order valence-corrected chi connectivity index (χ0v) is 11.8. The van der Waals surface area contributed by atoms with E-state index in [1.165, 1.54) is 24.0 Å². The van der Waals surface area contributed by atoms with Crippen molar-refractivity contribution in [2.24, 2.45) is 0 Å². The number of benzene rings is 1. The Labute approximate surface area is 115 Å². The van der Waals surface area contributed by atoms with Crippen molar-refractivity contribution in [1.82, 2.24) is 10.2 Å². The summed E-state index contributed by atoms with van der Waals surface area (Å²) in [7, 11) is 0. The Morgan fingerprint density at radius 1 is 1.21 bits per heavy atom. The third-order valence-corrected chi connectivity index (χ3v) is 3.93. The molecule has 3 rings (SSSR count). The van der Waals surface area contributed by atoms with Crippen LogP contribution in [0, 0.1) is 0 Å². The molecule has 1 aromatic rings. The Balaban J connectivity index is 1.50. The van der Waals surface area contributed by atoms with Crippen molar-refractivity contribution < 1.29 is 4.74 Å². The summed E-state index contributed by atoms with van der Waals surface area (Å²) in [6.07, 6.45) is 3.08. The van der Waals surface area contributed by atoms with E-state index in [-0.39, 0.29) is 0 Å². The van der Waals surface area contributed by atoms with Crippen molar-refractivity contribution in [1.29, 1.82) is 0 Å². The van der Waals surface area contributed by atoms with Gasteiger partial charge in [-0.3, -0.25) is 4.90 Å². The zero-order chi connectivity index (χ0) is 13.1. The van der Waals surface area contributed by atoms with E-state index in [0.29, 0.717) is 6.10 Å². The number of morpholine rings is 1. The van der Waals surface area contributed by atoms with Crippen molar-refractivity contribution in [3.05, 3.63) is 35.4 Å². The summed E-state index contributed by atoms with van der Waals surface area (Å²) >= 11 is 0. The molecule has 3 nitrogen and oxygen atoms in total. The first-order valence-corrected chi connectivity index (χ1v) is 7.45. The van der Waals surface area contributed by atoms with Gasteiger partial charge >= 0.3 is 0 Å². The first-order valence-electron chi connectivity index (χ1n) is 7.45. The van der Waals surface area contributed by atoms with Gasteiger partial charge in [0.15, 0.2) is 0 Å². The van der Waals surface area contributed by atoms with Crippen molar-refractivity contribution in [3.63, 3.8) is 0 Å². The molecule has 0 radical (unpaired) electrons. The number of rotatable bonds is 5. The first kappa shape index (κ1) is 13.1. The van der Waals surface area contributed by atoms with Crippen LogP contribution in [-0.2, 0) is 17.8 Å². The summed E-state index contributed by atoms with van der Waals surface area (Å²) in [4.78, 5) is 2.48. The lowest BCUT2D eigenvalue weighted by Gasteiger charge is -2.31. The van der Waals surface area contributed by atoms with Crippen molar-refractivity contribution in [2.45, 2.75) is 45.0 Å². The maximum atomic E-state index is 5.58. The van der Waals surface area contributed by atoms with E-state index in [0.717, 1.165) is 38.8 Å². The van der Waals surface area contributed by atoms with E-state index in [2.05, 4.69) is 41.4 Å². The molecule has 1 saturated heterocycles. The van der Waals surface area contributed by atoms with Crippen LogP contribution in [0.25, 0.3) is 0 Å². The molecule has 0 spiro atoms. The van der Waals surface area contributed by atoms with Gasteiger partial charge in [-0.1, -0.05) is 24.3 Å². The van der Waals surface area contributed by atoms with Gasteiger partial charge in [0.2, 0.25) is 0 Å². The molecule has 1 aliphatic heterocycles. The predicted octanol–water partition coefficient (Wildman–Crippen LogP) is 2.16. The second-order valence-corrected chi connectivity index (χ2v) is 5.89. The standard InChI is InChI=1S/C16H24N2O/c1-13-11-18(8-9-19-13)12-15-4-2-14(3-5-15)10-17-16-6-7-16/h2-5,13,16-17H,6-12H2,1H3. The molecule has 0 bridgehead atoms. The van der Waals surface area contributed by atoms with Gasteiger partial charge in [-0.15, -0.1) is 0 Å². The van der Waals surface area contributed by atoms with E-state index in [4.69, 9.17) is 4.74 Å². The van der Waals surface area contributed by atoms with Gasteiger partial charge in [0.25, 0.3) is 0 Å². The van der Waals surface area contributed by atoms with Gasteiger partial charge in [-0.05, 0) is 30.9 Å². The molecule has 3 heteroatoms. The third kappa shape index (κ3) is 4.03. The van der Waals surface area contributed by atoms with E-state index >= 15 is 0 Å². The van der Waals surface area contributed by atoms with Gasteiger partial charge in [-0.25, -0.2) is 0 Å². The monoisotopic (exact) mass is 260 g/mol. The molecule has 1 aliphatic carbocycles. The third-order valence-electron chi connectivity index (χ3n) is 3.93. The maximum Gasteiger partial charge on any atom is 0.0674 e. The quantitative estimate of drug-likeness (QED) is 0.878. The molecule has 104 valence electrons. The largest absolute Gasteiger partial charge is 0.376 e. The van der Waals surface area contributed by atoms with Crippen molar-refractivity contribution in [3.8, 4) is 0 Å². The number of ether oxygens (including phenoxy) is 1. The Morgan fingerprint density at radius 2 is 1.95 bits per heavy atom. The van der Waals surface area contributed by atoms with Crippen LogP contribution in [0.4, 0.5) is 0 Å². The highest BCUT2D eigenvalue weighted by Crippen LogP contribution is 2.19. The Hall–Kier alpha value is -0.900. The Morgan fingerprint density at radius 3 is 2.63 bits per heavy atom. The topological polar surface area (TPSA) is 24.5 Å². The minimum atomic E-state index is 0.371. The van der Waals surface area contributed by atoms with Crippen LogP contribution >= 0.6 is 0 Å². The minimum Gasteiger partial charge on any atom is -0.376 e. The molecule has 1 N–H and O–H groups in total. The summed E-state index contributed by atoms with van der Waals surface area (Å²) in [5, 5.41) is 3.55. The first-order chi connectivity index (χ1) is 9.29. The van der Waals surface area contributed by atoms with Crippen LogP contribution in [0.3, 0.4) is 0 Å². The molecule has 1 atom stereocenters. The molecule has 1 heterocycles. The lowest BCUT2D eigenvalue weighted by atomic mass is 10.1. The van der Waals surface area contributed by atoms with Gasteiger partial charge < -0.3 is 10.1 Å². The fourth-order valence-corrected chi connectivity index (χ4v) is 2.60. The van der Waals surface area contributed by atoms with E-state index in [1.54, 1.807) is 0 Å². The molecule has 2 aliphatic rings. The second-order valence-electron chi connectivity index (χ2n) is 5.89. The Kier molecular flexibility index (Phi) is 4.16. The van der Waals surface area contributed by atoms with E-state index in [1.807, 2.05) is 0 Å². The van der Waals surface area contributed by atoms with Crippen molar-refractivity contribution in [2.75, 3.05) is 19.7 Å². The molecule has 2 fully saturated rings. The summed E-state index contributed by atoms with van der Waals surface area (Å²) < 4.78 is 5.58. The lowest BCUT2D eigenvalue weighted by molar-refractivity contribution is -0.0212. The van der Waals surface area contributed by atoms with Crippen LogP contribution in [0.5, 0.6) is 0 Å². The number of hydrogen-bond acceptors (Lipinski definition) is 3. The van der Waals surface area contributed by atoms with Gasteiger partial charge in [0, 0.05) is 32.2 Å². The fraction of sp³-hybridized carbons (Fsp3) is 0.625. The highest BCUT2D eigenvalue weighted by Gasteiger charge is 2.20. The molecule has 1 aromatic carbocycles. The van der Waals surface area contributed by atoms with Crippen LogP contribution in [0.2, 0.25) is 0 Å². The average molecular weight is 260 g/mol. The van der Waals surface area contributed by atoms with E-state index < -0.39 is 0 Å². The highest BCUT2D eigenvalue weighted by atomic mass is 16.5. The normalized spacial score (nSPS) is 24.6. The van der Waals surface area contributed by atoms with Crippen LogP contribution < -0.4 is 5.32 Å². The smallest absolute Gasteiger partial charge is 0.0674 e. The molecule has 0 aromatic heterocycles. The molecule has 1 unspecified atom stereocenters. The van der Waals surface area contributed by atoms with Crippen molar-refractivity contribution >= 4 is 0 Å². The van der Waals surface area contributed by atoms with Crippen LogP contribution in [-0.4, -0.2) is 36.7 Å². The number of nitrogens with one attached hydrogen (secondary N) is 1. The fourth-order valence-electron chi connectivity index (χ4n) is 2.60. The number of nitrogens with zero attached hydrogens (tertiary/aromatic N) is 1. The van der Waals surface area contributed by atoms with E-state index in [9.17, 15) is 0 Å². The van der Waals surface area contributed by atoms with Crippen LogP contribution in [0.15, 0.2) is 24.3 Å². The predicted molar refractivity (Wildman–Crippen MR) is 77.0 cm³/mol. The molecular weight excluding hydrogens is 236 g/mol. The molecule has 1 saturated carbocycles. The summed E-state index contributed by atoms with van der Waals surface area (Å²) in [6, 6.07) is 9.84. The number of hydrogen-bond donors (Lipinski definition) is 1. The van der Waals surface area contributed by atoms with Gasteiger partial charge in [0.05, 0.1) is 12.7 Å². The van der Waals surface area contributed by atoms with Crippen LogP contribution in [0.1, 0.15) is 30.9 Å². The van der Waals surface area contributed by atoms with Gasteiger partial charge in [-0.2, -0.15) is 0 Å². The summed E-state index contributed by atoms with van der Waals surface area (Å²) in [5.74, 6) is 0. The second kappa shape index (κ2) is 6.04.